The predicted molar refractivity (Wildman–Crippen MR) is 152 cm³/mol. The van der Waals surface area contributed by atoms with Crippen molar-refractivity contribution >= 4 is 44.3 Å². The normalized spacial score (nSPS) is 14.1. The molecular formula is C29H26BrN7O2. The molecule has 10 heteroatoms. The van der Waals surface area contributed by atoms with E-state index in [-0.39, 0.29) is 11.8 Å². The molecule has 9 nitrogen and oxygen atoms in total. The van der Waals surface area contributed by atoms with Gasteiger partial charge in [0, 0.05) is 41.2 Å². The monoisotopic (exact) mass is 583 g/mol. The van der Waals surface area contributed by atoms with Crippen LogP contribution >= 0.6 is 15.9 Å². The van der Waals surface area contributed by atoms with Crippen LogP contribution in [0.2, 0.25) is 0 Å². The topological polar surface area (TPSA) is 97.9 Å². The summed E-state index contributed by atoms with van der Waals surface area (Å²) in [6.45, 7) is 1.39. The molecule has 6 rings (SSSR count). The molecule has 5 aromatic rings. The number of likely N-dealkylation sites (tertiary alicyclic amines) is 1. The standard InChI is InChI=1S/C29H26BrN7O2/c1-35-27-15-22(30)14-25(26(27)16-32-35)28(38)34-23-7-5-19(6-8-23)20-9-11-36(12-10-20)29(39)21-3-2-4-24(13-21)37-18-31-17-33-37/h2-8,13-18,20H,9-12H2,1H3,(H,34,38). The van der Waals surface area contributed by atoms with E-state index in [0.717, 1.165) is 39.6 Å². The number of fused-ring (bicyclic) bond motifs is 1. The fourth-order valence-corrected chi connectivity index (χ4v) is 5.61. The van der Waals surface area contributed by atoms with Crippen LogP contribution in [0.5, 0.6) is 0 Å². The minimum Gasteiger partial charge on any atom is -0.339 e. The quantitative estimate of drug-likeness (QED) is 0.307. The Balaban J connectivity index is 1.08. The lowest BCUT2D eigenvalue weighted by atomic mass is 9.89. The van der Waals surface area contributed by atoms with Crippen LogP contribution in [0.15, 0.2) is 84.0 Å². The average molecular weight is 584 g/mol. The molecule has 2 aromatic heterocycles. The van der Waals surface area contributed by atoms with E-state index in [4.69, 9.17) is 0 Å². The average Bonchev–Trinajstić information content (AvgIpc) is 3.64. The van der Waals surface area contributed by atoms with Crippen molar-refractivity contribution < 1.29 is 9.59 Å². The van der Waals surface area contributed by atoms with Gasteiger partial charge in [0.05, 0.1) is 23.0 Å². The van der Waals surface area contributed by atoms with Crippen molar-refractivity contribution in [2.24, 2.45) is 7.05 Å². The van der Waals surface area contributed by atoms with Crippen LogP contribution in [0.4, 0.5) is 5.69 Å². The lowest BCUT2D eigenvalue weighted by Gasteiger charge is -2.32. The van der Waals surface area contributed by atoms with Crippen LogP contribution in [0.1, 0.15) is 45.0 Å². The van der Waals surface area contributed by atoms with E-state index >= 15 is 0 Å². The van der Waals surface area contributed by atoms with Gasteiger partial charge in [-0.15, -0.1) is 0 Å². The number of nitrogens with one attached hydrogen (secondary N) is 1. The van der Waals surface area contributed by atoms with Crippen molar-refractivity contribution in [2.45, 2.75) is 18.8 Å². The van der Waals surface area contributed by atoms with Gasteiger partial charge in [-0.3, -0.25) is 14.3 Å². The van der Waals surface area contributed by atoms with Crippen molar-refractivity contribution in [1.82, 2.24) is 29.4 Å². The molecule has 3 aromatic carbocycles. The molecule has 196 valence electrons. The van der Waals surface area contributed by atoms with E-state index in [2.05, 4.69) is 48.6 Å². The summed E-state index contributed by atoms with van der Waals surface area (Å²) >= 11 is 3.50. The molecule has 3 heterocycles. The zero-order valence-electron chi connectivity index (χ0n) is 21.3. The molecule has 1 aliphatic rings. The molecule has 0 spiro atoms. The minimum atomic E-state index is -0.179. The highest BCUT2D eigenvalue weighted by atomic mass is 79.9. The number of hydrogen-bond donors (Lipinski definition) is 1. The van der Waals surface area contributed by atoms with E-state index in [1.54, 1.807) is 21.9 Å². The van der Waals surface area contributed by atoms with Gasteiger partial charge in [0.2, 0.25) is 0 Å². The molecule has 39 heavy (non-hydrogen) atoms. The fourth-order valence-electron chi connectivity index (χ4n) is 5.16. The molecular weight excluding hydrogens is 558 g/mol. The summed E-state index contributed by atoms with van der Waals surface area (Å²) in [7, 11) is 1.85. The fraction of sp³-hybridized carbons (Fsp3) is 0.207. The Morgan fingerprint density at radius 1 is 1.00 bits per heavy atom. The van der Waals surface area contributed by atoms with Crippen LogP contribution in [0.25, 0.3) is 16.6 Å². The molecule has 1 fully saturated rings. The molecule has 0 atom stereocenters. The summed E-state index contributed by atoms with van der Waals surface area (Å²) < 4.78 is 4.22. The van der Waals surface area contributed by atoms with Gasteiger partial charge in [0.15, 0.2) is 0 Å². The number of nitrogens with zero attached hydrogens (tertiary/aromatic N) is 6. The summed E-state index contributed by atoms with van der Waals surface area (Å²) in [5.41, 5.74) is 4.87. The Morgan fingerprint density at radius 2 is 1.79 bits per heavy atom. The first kappa shape index (κ1) is 25.0. The number of amides is 2. The highest BCUT2D eigenvalue weighted by Crippen LogP contribution is 2.30. The van der Waals surface area contributed by atoms with E-state index in [0.29, 0.717) is 30.1 Å². The van der Waals surface area contributed by atoms with E-state index in [9.17, 15) is 9.59 Å². The third kappa shape index (κ3) is 5.07. The number of aromatic nitrogens is 5. The lowest BCUT2D eigenvalue weighted by molar-refractivity contribution is 0.0713. The van der Waals surface area contributed by atoms with Crippen molar-refractivity contribution in [2.75, 3.05) is 18.4 Å². The van der Waals surface area contributed by atoms with Gasteiger partial charge in [-0.1, -0.05) is 34.1 Å². The minimum absolute atomic E-state index is 0.0312. The van der Waals surface area contributed by atoms with Crippen molar-refractivity contribution in [3.8, 4) is 5.69 Å². The van der Waals surface area contributed by atoms with Gasteiger partial charge in [0.1, 0.15) is 12.7 Å². The number of aryl methyl sites for hydroxylation is 1. The van der Waals surface area contributed by atoms with Crippen molar-refractivity contribution in [3.63, 3.8) is 0 Å². The maximum atomic E-state index is 13.2. The zero-order valence-corrected chi connectivity index (χ0v) is 22.9. The Hall–Kier alpha value is -4.31. The van der Waals surface area contributed by atoms with Crippen LogP contribution in [-0.4, -0.2) is 54.3 Å². The predicted octanol–water partition coefficient (Wildman–Crippen LogP) is 5.19. The van der Waals surface area contributed by atoms with E-state index < -0.39 is 0 Å². The Labute approximate surface area is 233 Å². The number of carbonyl (C=O) groups excluding carboxylic acids is 2. The summed E-state index contributed by atoms with van der Waals surface area (Å²) in [4.78, 5) is 32.1. The maximum absolute atomic E-state index is 13.2. The maximum Gasteiger partial charge on any atom is 0.256 e. The Morgan fingerprint density at radius 3 is 2.54 bits per heavy atom. The van der Waals surface area contributed by atoms with Gasteiger partial charge >= 0.3 is 0 Å². The SMILES string of the molecule is Cn1ncc2c(C(=O)Nc3ccc(C4CCN(C(=O)c5cccc(-n6cncn6)c5)CC4)cc3)cc(Br)cc21. The first-order valence-electron chi connectivity index (χ1n) is 12.7. The molecule has 1 aliphatic heterocycles. The van der Waals surface area contributed by atoms with Gasteiger partial charge < -0.3 is 10.2 Å². The number of anilines is 1. The molecule has 0 radical (unpaired) electrons. The van der Waals surface area contributed by atoms with Crippen molar-refractivity contribution in [3.05, 3.63) is 101 Å². The lowest BCUT2D eigenvalue weighted by Crippen LogP contribution is -2.37. The summed E-state index contributed by atoms with van der Waals surface area (Å²) in [6, 6.07) is 19.3. The van der Waals surface area contributed by atoms with E-state index in [1.165, 1.54) is 11.9 Å². The largest absolute Gasteiger partial charge is 0.339 e. The zero-order chi connectivity index (χ0) is 26.9. The van der Waals surface area contributed by atoms with Crippen molar-refractivity contribution in [1.29, 1.82) is 0 Å². The van der Waals surface area contributed by atoms with Crippen LogP contribution in [0, 0.1) is 0 Å². The number of halogens is 1. The first-order valence-corrected chi connectivity index (χ1v) is 13.5. The Bertz CT molecular complexity index is 1650. The summed E-state index contributed by atoms with van der Waals surface area (Å²) in [5.74, 6) is 0.214. The second kappa shape index (κ2) is 10.5. The molecule has 2 amide bonds. The van der Waals surface area contributed by atoms with Crippen LogP contribution in [-0.2, 0) is 7.05 Å². The summed E-state index contributed by atoms with van der Waals surface area (Å²) in [6.07, 6.45) is 6.58. The smallest absolute Gasteiger partial charge is 0.256 e. The van der Waals surface area contributed by atoms with Crippen LogP contribution in [0.3, 0.4) is 0 Å². The Kier molecular flexibility index (Phi) is 6.70. The highest BCUT2D eigenvalue weighted by molar-refractivity contribution is 9.10. The molecule has 0 saturated carbocycles. The van der Waals surface area contributed by atoms with Gasteiger partial charge in [0.25, 0.3) is 11.8 Å². The third-order valence-electron chi connectivity index (χ3n) is 7.27. The summed E-state index contributed by atoms with van der Waals surface area (Å²) in [5, 5.41) is 12.3. The van der Waals surface area contributed by atoms with Gasteiger partial charge in [-0.25, -0.2) is 9.67 Å². The molecule has 0 unspecified atom stereocenters. The molecule has 1 N–H and O–H groups in total. The second-order valence-corrected chi connectivity index (χ2v) is 10.6. The van der Waals surface area contributed by atoms with Gasteiger partial charge in [-0.05, 0) is 66.8 Å². The number of piperidine rings is 1. The molecule has 0 bridgehead atoms. The number of rotatable bonds is 5. The molecule has 1 saturated heterocycles. The van der Waals surface area contributed by atoms with Crippen LogP contribution < -0.4 is 5.32 Å². The molecule has 0 aliphatic carbocycles. The number of hydrogen-bond acceptors (Lipinski definition) is 5. The van der Waals surface area contributed by atoms with E-state index in [1.807, 2.05) is 60.5 Å². The second-order valence-electron chi connectivity index (χ2n) is 9.69. The first-order chi connectivity index (χ1) is 19.0. The number of benzene rings is 3. The van der Waals surface area contributed by atoms with Gasteiger partial charge in [-0.2, -0.15) is 10.2 Å². The number of carbonyl (C=O) groups is 2. The highest BCUT2D eigenvalue weighted by Gasteiger charge is 2.25. The third-order valence-corrected chi connectivity index (χ3v) is 7.73.